The smallest absolute Gasteiger partial charge is 0.0707 e. The van der Waals surface area contributed by atoms with E-state index in [1.165, 1.54) is 38.5 Å². The highest BCUT2D eigenvalue weighted by molar-refractivity contribution is 4.83. The summed E-state index contributed by atoms with van der Waals surface area (Å²) >= 11 is 0. The van der Waals surface area contributed by atoms with Crippen LogP contribution in [0.2, 0.25) is 0 Å². The third-order valence-corrected chi connectivity index (χ3v) is 4.94. The Morgan fingerprint density at radius 3 is 2.58 bits per heavy atom. The molecule has 1 aliphatic carbocycles. The van der Waals surface area contributed by atoms with Crippen LogP contribution in [0.3, 0.4) is 0 Å². The van der Waals surface area contributed by atoms with Gasteiger partial charge in [-0.05, 0) is 45.2 Å². The molecule has 0 bridgehead atoms. The van der Waals surface area contributed by atoms with E-state index in [-0.39, 0.29) is 0 Å². The zero-order chi connectivity index (χ0) is 13.7. The molecule has 1 aliphatic heterocycles. The average molecular weight is 268 g/mol. The van der Waals surface area contributed by atoms with Crippen LogP contribution in [0, 0.1) is 5.92 Å². The van der Waals surface area contributed by atoms with Crippen molar-refractivity contribution >= 4 is 0 Å². The van der Waals surface area contributed by atoms with Crippen molar-refractivity contribution in [1.29, 1.82) is 0 Å². The lowest BCUT2D eigenvalue weighted by Gasteiger charge is -2.37. The monoisotopic (exact) mass is 268 g/mol. The molecule has 1 heterocycles. The highest BCUT2D eigenvalue weighted by atomic mass is 16.5. The van der Waals surface area contributed by atoms with Gasteiger partial charge in [-0.3, -0.25) is 0 Å². The van der Waals surface area contributed by atoms with Gasteiger partial charge < -0.3 is 15.0 Å². The fraction of sp³-hybridized carbons (Fsp3) is 1.00. The molecule has 19 heavy (non-hydrogen) atoms. The number of nitrogens with one attached hydrogen (secondary N) is 1. The van der Waals surface area contributed by atoms with Crippen molar-refractivity contribution in [2.24, 2.45) is 5.92 Å². The fourth-order valence-electron chi connectivity index (χ4n) is 3.78. The lowest BCUT2D eigenvalue weighted by Crippen LogP contribution is -2.43. The van der Waals surface area contributed by atoms with Crippen molar-refractivity contribution in [2.45, 2.75) is 70.6 Å². The van der Waals surface area contributed by atoms with Crippen LogP contribution >= 0.6 is 0 Å². The van der Waals surface area contributed by atoms with E-state index in [2.05, 4.69) is 31.1 Å². The summed E-state index contributed by atoms with van der Waals surface area (Å²) in [6.45, 7) is 7.77. The minimum absolute atomic E-state index is 0.446. The van der Waals surface area contributed by atoms with Crippen LogP contribution in [0.1, 0.15) is 52.4 Å². The minimum Gasteiger partial charge on any atom is -0.372 e. The highest BCUT2D eigenvalue weighted by Gasteiger charge is 2.30. The third-order valence-electron chi connectivity index (χ3n) is 4.94. The fourth-order valence-corrected chi connectivity index (χ4v) is 3.78. The van der Waals surface area contributed by atoms with Crippen LogP contribution in [0.5, 0.6) is 0 Å². The maximum Gasteiger partial charge on any atom is 0.0707 e. The van der Waals surface area contributed by atoms with Crippen LogP contribution in [-0.2, 0) is 4.74 Å². The highest BCUT2D eigenvalue weighted by Crippen LogP contribution is 2.29. The Bertz CT molecular complexity index is 259. The van der Waals surface area contributed by atoms with E-state index in [0.29, 0.717) is 12.2 Å². The first-order valence-corrected chi connectivity index (χ1v) is 8.27. The third kappa shape index (κ3) is 4.44. The summed E-state index contributed by atoms with van der Waals surface area (Å²) in [5.74, 6) is 0.859. The molecule has 0 amide bonds. The molecule has 0 radical (unpaired) electrons. The number of rotatable bonds is 6. The molecule has 1 N–H and O–H groups in total. The summed E-state index contributed by atoms with van der Waals surface area (Å²) in [5.41, 5.74) is 0. The molecule has 0 aromatic carbocycles. The predicted molar refractivity (Wildman–Crippen MR) is 80.5 cm³/mol. The van der Waals surface area contributed by atoms with Crippen molar-refractivity contribution in [3.8, 4) is 0 Å². The van der Waals surface area contributed by atoms with E-state index in [1.54, 1.807) is 0 Å². The van der Waals surface area contributed by atoms with Gasteiger partial charge in [0.2, 0.25) is 0 Å². The van der Waals surface area contributed by atoms with E-state index >= 15 is 0 Å². The Morgan fingerprint density at radius 1 is 1.11 bits per heavy atom. The van der Waals surface area contributed by atoms with Gasteiger partial charge in [-0.1, -0.05) is 26.7 Å². The molecule has 0 spiro atoms. The van der Waals surface area contributed by atoms with E-state index < -0.39 is 0 Å². The molecule has 1 saturated heterocycles. The second kappa shape index (κ2) is 7.61. The van der Waals surface area contributed by atoms with Gasteiger partial charge in [0.25, 0.3) is 0 Å². The molecule has 3 heteroatoms. The maximum atomic E-state index is 6.16. The van der Waals surface area contributed by atoms with Crippen LogP contribution in [0.25, 0.3) is 0 Å². The lowest BCUT2D eigenvalue weighted by molar-refractivity contribution is 0.0111. The molecule has 112 valence electrons. The molecule has 4 unspecified atom stereocenters. The molecule has 1 saturated carbocycles. The molecule has 2 aliphatic rings. The van der Waals surface area contributed by atoms with Gasteiger partial charge in [-0.25, -0.2) is 0 Å². The number of nitrogens with zero attached hydrogens (tertiary/aromatic N) is 1. The van der Waals surface area contributed by atoms with Crippen LogP contribution in [0.4, 0.5) is 0 Å². The largest absolute Gasteiger partial charge is 0.372 e. The number of hydrogen-bond acceptors (Lipinski definition) is 3. The standard InChI is InChI=1S/C16H32N2O/c1-4-17-11-14-9-10-15(19-14)12-18(3)16-8-6-5-7-13(16)2/h13-17H,4-12H2,1-3H3. The molecular formula is C16H32N2O. The average Bonchev–Trinajstić information content (AvgIpc) is 2.84. The summed E-state index contributed by atoms with van der Waals surface area (Å²) < 4.78 is 6.16. The Hall–Kier alpha value is -0.120. The first-order valence-electron chi connectivity index (χ1n) is 8.27. The van der Waals surface area contributed by atoms with Crippen molar-refractivity contribution in [3.63, 3.8) is 0 Å². The van der Waals surface area contributed by atoms with Crippen molar-refractivity contribution in [1.82, 2.24) is 10.2 Å². The number of likely N-dealkylation sites (N-methyl/N-ethyl adjacent to an activating group) is 2. The van der Waals surface area contributed by atoms with E-state index in [9.17, 15) is 0 Å². The van der Waals surface area contributed by atoms with Gasteiger partial charge in [-0.2, -0.15) is 0 Å². The zero-order valence-electron chi connectivity index (χ0n) is 13.0. The Morgan fingerprint density at radius 2 is 1.84 bits per heavy atom. The van der Waals surface area contributed by atoms with Crippen LogP contribution < -0.4 is 5.32 Å². The lowest BCUT2D eigenvalue weighted by atomic mass is 9.85. The first kappa shape index (κ1) is 15.3. The molecule has 3 nitrogen and oxygen atoms in total. The van der Waals surface area contributed by atoms with Gasteiger partial charge in [0, 0.05) is 19.1 Å². The topological polar surface area (TPSA) is 24.5 Å². The zero-order valence-corrected chi connectivity index (χ0v) is 13.0. The summed E-state index contributed by atoms with van der Waals surface area (Å²) in [5, 5.41) is 3.40. The normalized spacial score (nSPS) is 36.0. The van der Waals surface area contributed by atoms with Crippen molar-refractivity contribution < 1.29 is 4.74 Å². The Labute approximate surface area is 119 Å². The SMILES string of the molecule is CCNCC1CCC(CN(C)C2CCCCC2C)O1. The molecule has 0 aromatic heterocycles. The molecular weight excluding hydrogens is 236 g/mol. The van der Waals surface area contributed by atoms with Crippen LogP contribution in [0.15, 0.2) is 0 Å². The Kier molecular flexibility index (Phi) is 6.11. The molecule has 2 fully saturated rings. The van der Waals surface area contributed by atoms with Gasteiger partial charge in [0.1, 0.15) is 0 Å². The Balaban J connectivity index is 1.72. The van der Waals surface area contributed by atoms with Crippen molar-refractivity contribution in [3.05, 3.63) is 0 Å². The second-order valence-corrected chi connectivity index (χ2v) is 6.53. The van der Waals surface area contributed by atoms with Crippen LogP contribution in [-0.4, -0.2) is 49.8 Å². The summed E-state index contributed by atoms with van der Waals surface area (Å²) in [6, 6.07) is 0.783. The number of hydrogen-bond donors (Lipinski definition) is 1. The maximum absolute atomic E-state index is 6.16. The van der Waals surface area contributed by atoms with E-state index in [1.807, 2.05) is 0 Å². The van der Waals surface area contributed by atoms with E-state index in [0.717, 1.165) is 31.6 Å². The van der Waals surface area contributed by atoms with E-state index in [4.69, 9.17) is 4.74 Å². The van der Waals surface area contributed by atoms with Gasteiger partial charge >= 0.3 is 0 Å². The molecule has 0 aromatic rings. The minimum atomic E-state index is 0.446. The molecule has 4 atom stereocenters. The summed E-state index contributed by atoms with van der Waals surface area (Å²) in [7, 11) is 2.30. The molecule has 2 rings (SSSR count). The second-order valence-electron chi connectivity index (χ2n) is 6.53. The quantitative estimate of drug-likeness (QED) is 0.801. The van der Waals surface area contributed by atoms with Gasteiger partial charge in [0.05, 0.1) is 12.2 Å². The summed E-state index contributed by atoms with van der Waals surface area (Å²) in [4.78, 5) is 2.57. The predicted octanol–water partition coefficient (Wildman–Crippen LogP) is 2.65. The van der Waals surface area contributed by atoms with Crippen molar-refractivity contribution in [2.75, 3.05) is 26.7 Å². The van der Waals surface area contributed by atoms with Gasteiger partial charge in [0.15, 0.2) is 0 Å². The first-order chi connectivity index (χ1) is 9.20. The number of ether oxygens (including phenoxy) is 1. The summed E-state index contributed by atoms with van der Waals surface area (Å²) in [6.07, 6.45) is 9.00. The van der Waals surface area contributed by atoms with Gasteiger partial charge in [-0.15, -0.1) is 0 Å².